The van der Waals surface area contributed by atoms with Gasteiger partial charge in [0.1, 0.15) is 0 Å². The third kappa shape index (κ3) is 4.30. The molecule has 0 atom stereocenters. The number of benzene rings is 1. The Labute approximate surface area is 158 Å². The van der Waals surface area contributed by atoms with Crippen LogP contribution in [0.5, 0.6) is 5.75 Å². The maximum absolute atomic E-state index is 14.1. The molecule has 27 heavy (non-hydrogen) atoms. The lowest BCUT2D eigenvalue weighted by Gasteiger charge is -2.34. The van der Waals surface area contributed by atoms with Crippen LogP contribution < -0.4 is 4.74 Å². The van der Waals surface area contributed by atoms with Crippen LogP contribution in [0.3, 0.4) is 0 Å². The molecule has 0 bridgehead atoms. The third-order valence-electron chi connectivity index (χ3n) is 4.47. The first-order valence-electron chi connectivity index (χ1n) is 9.02. The molecular formula is C20H24FN3O3. The minimum absolute atomic E-state index is 0.0380. The van der Waals surface area contributed by atoms with Crippen molar-refractivity contribution >= 4 is 11.8 Å². The topological polar surface area (TPSA) is 54.8 Å². The summed E-state index contributed by atoms with van der Waals surface area (Å²) in [5, 5.41) is 0. The van der Waals surface area contributed by atoms with E-state index in [1.54, 1.807) is 28.1 Å². The number of piperazine rings is 1. The fourth-order valence-electron chi connectivity index (χ4n) is 3.09. The molecule has 2 heterocycles. The van der Waals surface area contributed by atoms with Crippen LogP contribution in [0.4, 0.5) is 4.39 Å². The zero-order valence-corrected chi connectivity index (χ0v) is 15.8. The average Bonchev–Trinajstić information content (AvgIpc) is 3.08. The van der Waals surface area contributed by atoms with Gasteiger partial charge in [0, 0.05) is 51.2 Å². The predicted octanol–water partition coefficient (Wildman–Crippen LogP) is 2.55. The Hall–Kier alpha value is -2.83. The lowest BCUT2D eigenvalue weighted by molar-refractivity contribution is 0.0535. The van der Waals surface area contributed by atoms with Crippen molar-refractivity contribution in [3.8, 4) is 5.75 Å². The maximum Gasteiger partial charge on any atom is 0.255 e. The van der Waals surface area contributed by atoms with E-state index in [9.17, 15) is 14.0 Å². The van der Waals surface area contributed by atoms with Gasteiger partial charge in [0.25, 0.3) is 11.8 Å². The van der Waals surface area contributed by atoms with Gasteiger partial charge in [-0.1, -0.05) is 0 Å². The Bertz CT molecular complexity index is 839. The van der Waals surface area contributed by atoms with Crippen molar-refractivity contribution in [3.05, 3.63) is 53.6 Å². The Morgan fingerprint density at radius 3 is 2.07 bits per heavy atom. The molecule has 1 saturated heterocycles. The highest BCUT2D eigenvalue weighted by atomic mass is 19.1. The summed E-state index contributed by atoms with van der Waals surface area (Å²) in [4.78, 5) is 28.5. The zero-order chi connectivity index (χ0) is 19.6. The second-order valence-corrected chi connectivity index (χ2v) is 6.96. The van der Waals surface area contributed by atoms with Crippen LogP contribution in [0, 0.1) is 5.82 Å². The van der Waals surface area contributed by atoms with Crippen molar-refractivity contribution in [1.82, 2.24) is 14.4 Å². The molecule has 1 aromatic heterocycles. The number of rotatable bonds is 4. The fraction of sp³-hybridized carbons (Fsp3) is 0.400. The molecule has 1 aliphatic rings. The molecule has 0 N–H and O–H groups in total. The van der Waals surface area contributed by atoms with Gasteiger partial charge in [-0.2, -0.15) is 0 Å². The molecule has 2 amide bonds. The largest absolute Gasteiger partial charge is 0.488 e. The number of ether oxygens (including phenoxy) is 1. The lowest BCUT2D eigenvalue weighted by Crippen LogP contribution is -2.50. The molecule has 1 fully saturated rings. The molecule has 0 radical (unpaired) electrons. The van der Waals surface area contributed by atoms with Crippen LogP contribution in [-0.2, 0) is 7.05 Å². The Morgan fingerprint density at radius 2 is 1.59 bits per heavy atom. The summed E-state index contributed by atoms with van der Waals surface area (Å²) in [5.41, 5.74) is 0.923. The highest BCUT2D eigenvalue weighted by molar-refractivity contribution is 5.96. The second-order valence-electron chi connectivity index (χ2n) is 6.96. The van der Waals surface area contributed by atoms with Crippen LogP contribution in [0.2, 0.25) is 0 Å². The van der Waals surface area contributed by atoms with E-state index < -0.39 is 5.82 Å². The van der Waals surface area contributed by atoms with E-state index in [1.807, 2.05) is 31.7 Å². The van der Waals surface area contributed by atoms with Crippen LogP contribution in [0.15, 0.2) is 36.7 Å². The van der Waals surface area contributed by atoms with Crippen molar-refractivity contribution in [2.45, 2.75) is 20.0 Å². The van der Waals surface area contributed by atoms with E-state index in [1.165, 1.54) is 12.1 Å². The van der Waals surface area contributed by atoms with Gasteiger partial charge < -0.3 is 19.1 Å². The highest BCUT2D eigenvalue weighted by Crippen LogP contribution is 2.21. The SMILES string of the molecule is CC(C)Oc1ccc(C(=O)N2CCN(C(=O)c3ccn(C)c3)CC2)cc1F. The highest BCUT2D eigenvalue weighted by Gasteiger charge is 2.26. The number of aromatic nitrogens is 1. The van der Waals surface area contributed by atoms with Gasteiger partial charge in [0.05, 0.1) is 11.7 Å². The van der Waals surface area contributed by atoms with Gasteiger partial charge in [-0.05, 0) is 38.1 Å². The number of amides is 2. The van der Waals surface area contributed by atoms with Crippen molar-refractivity contribution in [2.24, 2.45) is 7.05 Å². The van der Waals surface area contributed by atoms with Crippen molar-refractivity contribution in [3.63, 3.8) is 0 Å². The van der Waals surface area contributed by atoms with E-state index in [0.717, 1.165) is 0 Å². The smallest absolute Gasteiger partial charge is 0.255 e. The number of hydrogen-bond donors (Lipinski definition) is 0. The molecule has 144 valence electrons. The molecule has 3 rings (SSSR count). The van der Waals surface area contributed by atoms with E-state index in [0.29, 0.717) is 31.7 Å². The third-order valence-corrected chi connectivity index (χ3v) is 4.47. The minimum Gasteiger partial charge on any atom is -0.488 e. The predicted molar refractivity (Wildman–Crippen MR) is 99.4 cm³/mol. The quantitative estimate of drug-likeness (QED) is 0.828. The molecule has 1 aliphatic heterocycles. The lowest BCUT2D eigenvalue weighted by atomic mass is 10.1. The minimum atomic E-state index is -0.549. The van der Waals surface area contributed by atoms with Crippen molar-refractivity contribution in [2.75, 3.05) is 26.2 Å². The first-order chi connectivity index (χ1) is 12.8. The molecule has 0 saturated carbocycles. The summed E-state index contributed by atoms with van der Waals surface area (Å²) in [7, 11) is 1.87. The van der Waals surface area contributed by atoms with Crippen molar-refractivity contribution in [1.29, 1.82) is 0 Å². The summed E-state index contributed by atoms with van der Waals surface area (Å²) in [6.07, 6.45) is 3.47. The average molecular weight is 373 g/mol. The Morgan fingerprint density at radius 1 is 1.00 bits per heavy atom. The van der Waals surface area contributed by atoms with Gasteiger partial charge in [-0.3, -0.25) is 9.59 Å². The number of halogens is 1. The van der Waals surface area contributed by atoms with E-state index in [-0.39, 0.29) is 29.2 Å². The number of aryl methyl sites for hydroxylation is 1. The summed E-state index contributed by atoms with van der Waals surface area (Å²) in [5.74, 6) is -0.687. The Kier molecular flexibility index (Phi) is 5.48. The first kappa shape index (κ1) is 18.9. The fourth-order valence-corrected chi connectivity index (χ4v) is 3.09. The summed E-state index contributed by atoms with van der Waals surface area (Å²) >= 11 is 0. The second kappa shape index (κ2) is 7.82. The van der Waals surface area contributed by atoms with Crippen molar-refractivity contribution < 1.29 is 18.7 Å². The van der Waals surface area contributed by atoms with Gasteiger partial charge >= 0.3 is 0 Å². The van der Waals surface area contributed by atoms with Gasteiger partial charge in [0.15, 0.2) is 11.6 Å². The molecule has 0 aliphatic carbocycles. The number of carbonyl (C=O) groups is 2. The van der Waals surface area contributed by atoms with Crippen LogP contribution in [0.25, 0.3) is 0 Å². The summed E-state index contributed by atoms with van der Waals surface area (Å²) in [6, 6.07) is 6.05. The normalized spacial score (nSPS) is 14.6. The monoisotopic (exact) mass is 373 g/mol. The molecule has 2 aromatic rings. The zero-order valence-electron chi connectivity index (χ0n) is 15.8. The maximum atomic E-state index is 14.1. The molecule has 0 unspecified atom stereocenters. The molecule has 0 spiro atoms. The molecular weight excluding hydrogens is 349 g/mol. The standard InChI is InChI=1S/C20H24FN3O3/c1-14(2)27-18-5-4-15(12-17(18)21)19(25)23-8-10-24(11-9-23)20(26)16-6-7-22(3)13-16/h4-7,12-14H,8-11H2,1-3H3. The van der Waals surface area contributed by atoms with E-state index >= 15 is 0 Å². The van der Waals surface area contributed by atoms with Crippen LogP contribution in [-0.4, -0.2) is 58.5 Å². The van der Waals surface area contributed by atoms with Gasteiger partial charge in [-0.25, -0.2) is 4.39 Å². The van der Waals surface area contributed by atoms with E-state index in [2.05, 4.69) is 0 Å². The van der Waals surface area contributed by atoms with Gasteiger partial charge in [0.2, 0.25) is 0 Å². The first-order valence-corrected chi connectivity index (χ1v) is 9.02. The van der Waals surface area contributed by atoms with Crippen LogP contribution >= 0.6 is 0 Å². The number of hydrogen-bond acceptors (Lipinski definition) is 3. The summed E-state index contributed by atoms with van der Waals surface area (Å²) in [6.45, 7) is 5.38. The van der Waals surface area contributed by atoms with E-state index in [4.69, 9.17) is 4.74 Å². The number of carbonyl (C=O) groups excluding carboxylic acids is 2. The number of nitrogens with zero attached hydrogens (tertiary/aromatic N) is 3. The summed E-state index contributed by atoms with van der Waals surface area (Å²) < 4.78 is 21.3. The molecule has 6 nitrogen and oxygen atoms in total. The van der Waals surface area contributed by atoms with Gasteiger partial charge in [-0.15, -0.1) is 0 Å². The molecule has 1 aromatic carbocycles. The molecule has 7 heteroatoms. The Balaban J connectivity index is 1.61. The van der Waals surface area contributed by atoms with Crippen LogP contribution in [0.1, 0.15) is 34.6 Å².